The topological polar surface area (TPSA) is 23.5 Å². The Kier molecular flexibility index (Phi) is 4.28. The van der Waals surface area contributed by atoms with E-state index in [2.05, 4.69) is 50.1 Å². The summed E-state index contributed by atoms with van der Waals surface area (Å²) in [5.41, 5.74) is 1.23. The Balaban J connectivity index is 2.00. The first-order valence-electron chi connectivity index (χ1n) is 7.02. The molecule has 1 aliphatic rings. The summed E-state index contributed by atoms with van der Waals surface area (Å²) in [4.78, 5) is 2.26. The van der Waals surface area contributed by atoms with Gasteiger partial charge in [0.15, 0.2) is 0 Å². The number of rotatable bonds is 3. The van der Waals surface area contributed by atoms with Gasteiger partial charge in [-0.2, -0.15) is 0 Å². The van der Waals surface area contributed by atoms with Crippen molar-refractivity contribution in [3.05, 3.63) is 30.3 Å². The van der Waals surface area contributed by atoms with Crippen LogP contribution < -0.4 is 4.90 Å². The largest absolute Gasteiger partial charge is 0.393 e. The van der Waals surface area contributed by atoms with E-state index in [0.29, 0.717) is 17.8 Å². The molecule has 4 unspecified atom stereocenters. The smallest absolute Gasteiger partial charge is 0.0590 e. The zero-order valence-corrected chi connectivity index (χ0v) is 11.7. The lowest BCUT2D eigenvalue weighted by Gasteiger charge is -2.39. The molecule has 18 heavy (non-hydrogen) atoms. The predicted molar refractivity (Wildman–Crippen MR) is 76.8 cm³/mol. The minimum Gasteiger partial charge on any atom is -0.393 e. The standard InChI is InChI=1S/C16H25NO/c1-12-9-13(2)15(16(18)10-12)11-17(3)14-7-5-4-6-8-14/h4-8,12-13,15-16,18H,9-11H2,1-3H3. The van der Waals surface area contributed by atoms with E-state index in [1.807, 2.05) is 6.07 Å². The highest BCUT2D eigenvalue weighted by atomic mass is 16.3. The molecule has 1 fully saturated rings. The Bertz CT molecular complexity index is 353. The highest BCUT2D eigenvalue weighted by Crippen LogP contribution is 2.34. The van der Waals surface area contributed by atoms with Crippen molar-refractivity contribution in [1.82, 2.24) is 0 Å². The van der Waals surface area contributed by atoms with Crippen LogP contribution in [0.4, 0.5) is 5.69 Å². The van der Waals surface area contributed by atoms with Crippen molar-refractivity contribution < 1.29 is 5.11 Å². The third-order valence-electron chi connectivity index (χ3n) is 4.32. The van der Waals surface area contributed by atoms with E-state index < -0.39 is 0 Å². The van der Waals surface area contributed by atoms with Crippen LogP contribution in [-0.2, 0) is 0 Å². The van der Waals surface area contributed by atoms with Crippen LogP contribution in [0.15, 0.2) is 30.3 Å². The van der Waals surface area contributed by atoms with E-state index in [9.17, 15) is 5.11 Å². The molecule has 1 aromatic carbocycles. The summed E-state index contributed by atoms with van der Waals surface area (Å²) in [7, 11) is 2.12. The minimum absolute atomic E-state index is 0.144. The van der Waals surface area contributed by atoms with Gasteiger partial charge < -0.3 is 10.0 Å². The Hall–Kier alpha value is -1.02. The number of anilines is 1. The summed E-state index contributed by atoms with van der Waals surface area (Å²) in [6, 6.07) is 10.4. The third-order valence-corrected chi connectivity index (χ3v) is 4.32. The second kappa shape index (κ2) is 5.75. The van der Waals surface area contributed by atoms with Gasteiger partial charge in [-0.25, -0.2) is 0 Å². The van der Waals surface area contributed by atoms with E-state index in [1.54, 1.807) is 0 Å². The third kappa shape index (κ3) is 3.05. The maximum atomic E-state index is 10.3. The van der Waals surface area contributed by atoms with Gasteiger partial charge in [-0.15, -0.1) is 0 Å². The average Bonchev–Trinajstić information content (AvgIpc) is 2.34. The molecule has 0 aromatic heterocycles. The zero-order chi connectivity index (χ0) is 13.1. The molecule has 0 amide bonds. The molecule has 0 spiro atoms. The number of aliphatic hydroxyl groups excluding tert-OH is 1. The van der Waals surface area contributed by atoms with Crippen LogP contribution in [0.3, 0.4) is 0 Å². The van der Waals surface area contributed by atoms with Gasteiger partial charge in [-0.3, -0.25) is 0 Å². The number of benzene rings is 1. The molecular formula is C16H25NO. The highest BCUT2D eigenvalue weighted by Gasteiger charge is 2.33. The number of hydrogen-bond donors (Lipinski definition) is 1. The first-order chi connectivity index (χ1) is 8.58. The van der Waals surface area contributed by atoms with Crippen molar-refractivity contribution in [3.63, 3.8) is 0 Å². The summed E-state index contributed by atoms with van der Waals surface area (Å²) in [6.07, 6.45) is 2.05. The molecule has 1 N–H and O–H groups in total. The molecule has 100 valence electrons. The predicted octanol–water partition coefficient (Wildman–Crippen LogP) is 3.17. The van der Waals surface area contributed by atoms with Crippen LogP contribution in [0, 0.1) is 17.8 Å². The normalized spacial score (nSPS) is 32.2. The van der Waals surface area contributed by atoms with Gasteiger partial charge in [0.25, 0.3) is 0 Å². The maximum absolute atomic E-state index is 10.3. The Morgan fingerprint density at radius 3 is 2.44 bits per heavy atom. The van der Waals surface area contributed by atoms with E-state index in [4.69, 9.17) is 0 Å². The molecule has 1 aromatic rings. The Morgan fingerprint density at radius 1 is 1.17 bits per heavy atom. The lowest BCUT2D eigenvalue weighted by molar-refractivity contribution is 0.0205. The quantitative estimate of drug-likeness (QED) is 0.887. The van der Waals surface area contributed by atoms with Gasteiger partial charge in [0.2, 0.25) is 0 Å². The molecule has 0 bridgehead atoms. The number of aliphatic hydroxyl groups is 1. The van der Waals surface area contributed by atoms with Gasteiger partial charge in [-0.05, 0) is 36.8 Å². The van der Waals surface area contributed by atoms with Crippen LogP contribution in [0.5, 0.6) is 0 Å². The fourth-order valence-corrected chi connectivity index (χ4v) is 3.28. The van der Waals surface area contributed by atoms with Crippen molar-refractivity contribution in [1.29, 1.82) is 0 Å². The molecule has 0 saturated heterocycles. The highest BCUT2D eigenvalue weighted by molar-refractivity contribution is 5.45. The molecule has 0 heterocycles. The summed E-state index contributed by atoms with van der Waals surface area (Å²) < 4.78 is 0. The molecule has 4 atom stereocenters. The van der Waals surface area contributed by atoms with E-state index in [-0.39, 0.29) is 6.10 Å². The van der Waals surface area contributed by atoms with Gasteiger partial charge in [-0.1, -0.05) is 32.0 Å². The monoisotopic (exact) mass is 247 g/mol. The lowest BCUT2D eigenvalue weighted by atomic mass is 9.73. The number of hydrogen-bond acceptors (Lipinski definition) is 2. The van der Waals surface area contributed by atoms with Crippen LogP contribution in [0.2, 0.25) is 0 Å². The van der Waals surface area contributed by atoms with Gasteiger partial charge in [0, 0.05) is 25.2 Å². The van der Waals surface area contributed by atoms with Crippen molar-refractivity contribution in [3.8, 4) is 0 Å². The molecule has 0 radical (unpaired) electrons. The summed E-state index contributed by atoms with van der Waals surface area (Å²) in [5.74, 6) is 1.66. The maximum Gasteiger partial charge on any atom is 0.0590 e. The van der Waals surface area contributed by atoms with Gasteiger partial charge in [0.1, 0.15) is 0 Å². The van der Waals surface area contributed by atoms with Crippen molar-refractivity contribution >= 4 is 5.69 Å². The molecule has 1 aliphatic carbocycles. The second-order valence-electron chi connectivity index (χ2n) is 6.00. The summed E-state index contributed by atoms with van der Waals surface area (Å²) >= 11 is 0. The fourth-order valence-electron chi connectivity index (χ4n) is 3.28. The fraction of sp³-hybridized carbons (Fsp3) is 0.625. The average molecular weight is 247 g/mol. The summed E-state index contributed by atoms with van der Waals surface area (Å²) in [6.45, 7) is 5.47. The lowest BCUT2D eigenvalue weighted by Crippen LogP contribution is -2.41. The SMILES string of the molecule is CC1CC(C)C(CN(C)c2ccccc2)C(O)C1. The molecule has 0 aliphatic heterocycles. The number of para-hydroxylation sites is 1. The Labute approximate surface area is 111 Å². The molecule has 2 nitrogen and oxygen atoms in total. The van der Waals surface area contributed by atoms with Crippen LogP contribution in [0.1, 0.15) is 26.7 Å². The van der Waals surface area contributed by atoms with Crippen LogP contribution in [0.25, 0.3) is 0 Å². The molecule has 1 saturated carbocycles. The second-order valence-corrected chi connectivity index (χ2v) is 6.00. The van der Waals surface area contributed by atoms with Gasteiger partial charge in [0.05, 0.1) is 6.10 Å². The zero-order valence-electron chi connectivity index (χ0n) is 11.7. The van der Waals surface area contributed by atoms with Crippen molar-refractivity contribution in [2.75, 3.05) is 18.5 Å². The van der Waals surface area contributed by atoms with Crippen molar-refractivity contribution in [2.45, 2.75) is 32.8 Å². The van der Waals surface area contributed by atoms with E-state index in [1.165, 1.54) is 12.1 Å². The van der Waals surface area contributed by atoms with E-state index in [0.717, 1.165) is 13.0 Å². The summed E-state index contributed by atoms with van der Waals surface area (Å²) in [5, 5.41) is 10.3. The number of nitrogens with zero attached hydrogens (tertiary/aromatic N) is 1. The Morgan fingerprint density at radius 2 is 1.83 bits per heavy atom. The first kappa shape index (κ1) is 13.4. The van der Waals surface area contributed by atoms with E-state index >= 15 is 0 Å². The molecular weight excluding hydrogens is 222 g/mol. The van der Waals surface area contributed by atoms with Crippen LogP contribution in [-0.4, -0.2) is 24.8 Å². The first-order valence-corrected chi connectivity index (χ1v) is 7.02. The van der Waals surface area contributed by atoms with Crippen LogP contribution >= 0.6 is 0 Å². The van der Waals surface area contributed by atoms with Crippen molar-refractivity contribution in [2.24, 2.45) is 17.8 Å². The molecule has 2 heteroatoms. The molecule has 2 rings (SSSR count). The van der Waals surface area contributed by atoms with Gasteiger partial charge >= 0.3 is 0 Å². The minimum atomic E-state index is -0.144.